The van der Waals surface area contributed by atoms with Gasteiger partial charge in [-0.25, -0.2) is 4.79 Å². The number of hydrazine groups is 1. The Morgan fingerprint density at radius 1 is 1.17 bits per heavy atom. The number of imide groups is 1. The standard InChI is InChI=1S/C22H25N3O5/c1-14-8-9-15(2)18(12-14)30-11-10-19(26)24-25-20(27)22(3,23-21(25)28)16-6-5-7-17(13-16)29-4/h5-9,12-13H,10-11H2,1-4H3,(H,23,28)(H,24,26)/t22-/m0/s1. The summed E-state index contributed by atoms with van der Waals surface area (Å²) in [5, 5.41) is 3.34. The third-order valence-electron chi connectivity index (χ3n) is 5.00. The van der Waals surface area contributed by atoms with E-state index in [2.05, 4.69) is 10.7 Å². The second-order valence-corrected chi connectivity index (χ2v) is 7.33. The first-order chi connectivity index (χ1) is 14.2. The van der Waals surface area contributed by atoms with Gasteiger partial charge in [-0.2, -0.15) is 5.01 Å². The number of carbonyl (C=O) groups is 3. The number of methoxy groups -OCH3 is 1. The molecule has 8 nitrogen and oxygen atoms in total. The van der Waals surface area contributed by atoms with Crippen LogP contribution in [-0.2, 0) is 15.1 Å². The molecule has 4 amide bonds. The molecular formula is C22H25N3O5. The molecule has 1 atom stereocenters. The minimum Gasteiger partial charge on any atom is -0.497 e. The lowest BCUT2D eigenvalue weighted by Crippen LogP contribution is -2.48. The Morgan fingerprint density at radius 3 is 2.67 bits per heavy atom. The predicted octanol–water partition coefficient (Wildman–Crippen LogP) is 2.58. The number of carbonyl (C=O) groups excluding carboxylic acids is 3. The smallest absolute Gasteiger partial charge is 0.344 e. The molecule has 0 aliphatic carbocycles. The average molecular weight is 411 g/mol. The minimum atomic E-state index is -1.31. The van der Waals surface area contributed by atoms with Gasteiger partial charge in [0.25, 0.3) is 5.91 Å². The SMILES string of the molecule is COc1cccc([C@]2(C)NC(=O)N(NC(=O)CCOc3cc(C)ccc3C)C2=O)c1. The normalized spacial score (nSPS) is 18.2. The number of ether oxygens (including phenoxy) is 2. The maximum atomic E-state index is 12.9. The van der Waals surface area contributed by atoms with Crippen LogP contribution < -0.4 is 20.2 Å². The van der Waals surface area contributed by atoms with E-state index in [0.717, 1.165) is 11.1 Å². The van der Waals surface area contributed by atoms with Gasteiger partial charge in [0.2, 0.25) is 5.91 Å². The Hall–Kier alpha value is -3.55. The van der Waals surface area contributed by atoms with E-state index in [1.54, 1.807) is 31.2 Å². The number of hydrogen-bond acceptors (Lipinski definition) is 5. The zero-order valence-electron chi connectivity index (χ0n) is 17.4. The number of benzene rings is 2. The Bertz CT molecular complexity index is 990. The van der Waals surface area contributed by atoms with Gasteiger partial charge in [0.1, 0.15) is 17.0 Å². The van der Waals surface area contributed by atoms with Gasteiger partial charge in [-0.1, -0.05) is 24.3 Å². The van der Waals surface area contributed by atoms with Gasteiger partial charge < -0.3 is 14.8 Å². The molecule has 1 fully saturated rings. The summed E-state index contributed by atoms with van der Waals surface area (Å²) in [7, 11) is 1.52. The number of rotatable bonds is 7. The first-order valence-corrected chi connectivity index (χ1v) is 9.55. The Balaban J connectivity index is 1.62. The monoisotopic (exact) mass is 411 g/mol. The van der Waals surface area contributed by atoms with Crippen molar-refractivity contribution in [3.05, 3.63) is 59.2 Å². The molecule has 8 heteroatoms. The molecule has 0 spiro atoms. The van der Waals surface area contributed by atoms with Crippen molar-refractivity contribution in [2.45, 2.75) is 32.7 Å². The topological polar surface area (TPSA) is 97.0 Å². The van der Waals surface area contributed by atoms with Crippen molar-refractivity contribution >= 4 is 17.8 Å². The fourth-order valence-electron chi connectivity index (χ4n) is 3.17. The van der Waals surface area contributed by atoms with Gasteiger partial charge in [0, 0.05) is 0 Å². The lowest BCUT2D eigenvalue weighted by atomic mass is 9.92. The Morgan fingerprint density at radius 2 is 1.93 bits per heavy atom. The van der Waals surface area contributed by atoms with Crippen molar-refractivity contribution in [3.8, 4) is 11.5 Å². The molecule has 0 radical (unpaired) electrons. The number of amides is 4. The molecular weight excluding hydrogens is 386 g/mol. The van der Waals surface area contributed by atoms with Crippen LogP contribution in [0.4, 0.5) is 4.79 Å². The zero-order chi connectivity index (χ0) is 21.9. The molecule has 1 aliphatic rings. The first kappa shape index (κ1) is 21.2. The minimum absolute atomic E-state index is 0.0136. The van der Waals surface area contributed by atoms with Crippen LogP contribution in [0.3, 0.4) is 0 Å². The van der Waals surface area contributed by atoms with E-state index in [9.17, 15) is 14.4 Å². The number of hydrogen-bond donors (Lipinski definition) is 2. The zero-order valence-corrected chi connectivity index (χ0v) is 17.4. The van der Waals surface area contributed by atoms with Gasteiger partial charge in [-0.3, -0.25) is 15.0 Å². The second-order valence-electron chi connectivity index (χ2n) is 7.33. The van der Waals surface area contributed by atoms with Crippen LogP contribution in [0, 0.1) is 13.8 Å². The lowest BCUT2D eigenvalue weighted by Gasteiger charge is -2.22. The molecule has 0 aromatic heterocycles. The Labute approximate surface area is 175 Å². The molecule has 30 heavy (non-hydrogen) atoms. The van der Waals surface area contributed by atoms with Gasteiger partial charge in [-0.15, -0.1) is 0 Å². The maximum Gasteiger partial charge on any atom is 0.344 e. The van der Waals surface area contributed by atoms with E-state index in [1.807, 2.05) is 32.0 Å². The summed E-state index contributed by atoms with van der Waals surface area (Å²) in [5.74, 6) is 0.175. The van der Waals surface area contributed by atoms with Gasteiger partial charge in [0.15, 0.2) is 0 Å². The van der Waals surface area contributed by atoms with E-state index >= 15 is 0 Å². The molecule has 0 saturated carbocycles. The van der Waals surface area contributed by atoms with Crippen molar-refractivity contribution in [2.75, 3.05) is 13.7 Å². The van der Waals surface area contributed by atoms with Crippen molar-refractivity contribution in [3.63, 3.8) is 0 Å². The summed E-state index contributed by atoms with van der Waals surface area (Å²) in [6.07, 6.45) is -0.0136. The highest BCUT2D eigenvalue weighted by molar-refractivity contribution is 6.08. The first-order valence-electron chi connectivity index (χ1n) is 9.55. The van der Waals surface area contributed by atoms with E-state index in [0.29, 0.717) is 22.1 Å². The van der Waals surface area contributed by atoms with Crippen molar-refractivity contribution in [1.29, 1.82) is 0 Å². The molecule has 1 aliphatic heterocycles. The molecule has 2 N–H and O–H groups in total. The average Bonchev–Trinajstić information content (AvgIpc) is 2.94. The van der Waals surface area contributed by atoms with Gasteiger partial charge >= 0.3 is 6.03 Å². The van der Waals surface area contributed by atoms with E-state index in [-0.39, 0.29) is 13.0 Å². The van der Waals surface area contributed by atoms with Crippen molar-refractivity contribution in [1.82, 2.24) is 15.8 Å². The highest BCUT2D eigenvalue weighted by Crippen LogP contribution is 2.30. The largest absolute Gasteiger partial charge is 0.497 e. The van der Waals surface area contributed by atoms with Crippen LogP contribution >= 0.6 is 0 Å². The van der Waals surface area contributed by atoms with E-state index in [4.69, 9.17) is 9.47 Å². The van der Waals surface area contributed by atoms with Crippen molar-refractivity contribution in [2.24, 2.45) is 0 Å². The van der Waals surface area contributed by atoms with Crippen LogP contribution in [0.25, 0.3) is 0 Å². The number of nitrogens with one attached hydrogen (secondary N) is 2. The summed E-state index contributed by atoms with van der Waals surface area (Å²) in [6, 6.07) is 12.0. The molecule has 0 unspecified atom stereocenters. The van der Waals surface area contributed by atoms with Crippen LogP contribution in [0.2, 0.25) is 0 Å². The van der Waals surface area contributed by atoms with Crippen LogP contribution in [0.5, 0.6) is 11.5 Å². The Kier molecular flexibility index (Phi) is 5.96. The molecule has 158 valence electrons. The molecule has 3 rings (SSSR count). The fourth-order valence-corrected chi connectivity index (χ4v) is 3.17. The predicted molar refractivity (Wildman–Crippen MR) is 110 cm³/mol. The third-order valence-corrected chi connectivity index (χ3v) is 5.00. The molecule has 2 aromatic rings. The summed E-state index contributed by atoms with van der Waals surface area (Å²) < 4.78 is 10.9. The molecule has 1 heterocycles. The van der Waals surface area contributed by atoms with Crippen LogP contribution in [-0.4, -0.2) is 36.6 Å². The fraction of sp³-hybridized carbons (Fsp3) is 0.318. The molecule has 1 saturated heterocycles. The molecule has 0 bridgehead atoms. The second kappa shape index (κ2) is 8.44. The highest BCUT2D eigenvalue weighted by atomic mass is 16.5. The number of nitrogens with zero attached hydrogens (tertiary/aromatic N) is 1. The highest BCUT2D eigenvalue weighted by Gasteiger charge is 2.50. The van der Waals surface area contributed by atoms with Crippen LogP contribution in [0.1, 0.15) is 30.0 Å². The number of urea groups is 1. The summed E-state index contributed by atoms with van der Waals surface area (Å²) >= 11 is 0. The summed E-state index contributed by atoms with van der Waals surface area (Å²) in [6.45, 7) is 5.57. The number of aryl methyl sites for hydroxylation is 2. The van der Waals surface area contributed by atoms with Crippen molar-refractivity contribution < 1.29 is 23.9 Å². The lowest BCUT2D eigenvalue weighted by molar-refractivity contribution is -0.139. The van der Waals surface area contributed by atoms with Crippen LogP contribution in [0.15, 0.2) is 42.5 Å². The summed E-state index contributed by atoms with van der Waals surface area (Å²) in [4.78, 5) is 37.6. The van der Waals surface area contributed by atoms with E-state index in [1.165, 1.54) is 7.11 Å². The van der Waals surface area contributed by atoms with Gasteiger partial charge in [0.05, 0.1) is 20.1 Å². The van der Waals surface area contributed by atoms with E-state index < -0.39 is 23.4 Å². The van der Waals surface area contributed by atoms with Gasteiger partial charge in [-0.05, 0) is 55.7 Å². The maximum absolute atomic E-state index is 12.9. The summed E-state index contributed by atoms with van der Waals surface area (Å²) in [5.41, 5.74) is 3.62. The molecule has 2 aromatic carbocycles. The quantitative estimate of drug-likeness (QED) is 0.683. The third kappa shape index (κ3) is 4.22.